The van der Waals surface area contributed by atoms with E-state index in [0.29, 0.717) is 12.1 Å². The first kappa shape index (κ1) is 20.2. The summed E-state index contributed by atoms with van der Waals surface area (Å²) < 4.78 is 5.90. The zero-order chi connectivity index (χ0) is 19.2. The third-order valence-electron chi connectivity index (χ3n) is 4.73. The molecule has 0 spiro atoms. The normalized spacial score (nSPS) is 12.8. The van der Waals surface area contributed by atoms with Crippen LogP contribution in [-0.4, -0.2) is 30.5 Å². The van der Waals surface area contributed by atoms with Gasteiger partial charge in [-0.25, -0.2) is 4.79 Å². The summed E-state index contributed by atoms with van der Waals surface area (Å²) in [5.41, 5.74) is 2.90. The van der Waals surface area contributed by atoms with Gasteiger partial charge in [0.25, 0.3) is 0 Å². The Morgan fingerprint density at radius 3 is 2.04 bits per heavy atom. The Morgan fingerprint density at radius 2 is 1.54 bits per heavy atom. The number of benzene rings is 2. The zero-order valence-corrected chi connectivity index (χ0v) is 16.7. The number of ether oxygens (including phenoxy) is 1. The molecule has 140 valence electrons. The van der Waals surface area contributed by atoms with E-state index in [1.54, 1.807) is 0 Å². The standard InChI is InChI=1S/C23H31NO2/c1-6-24(7-2)17-21(18-11-9-8-10-12-18)26-22(25)19-13-15-20(16-14-19)23(3,4)5/h8-16,21H,6-7,17H2,1-5H3. The molecule has 0 N–H and O–H groups in total. The summed E-state index contributed by atoms with van der Waals surface area (Å²) in [5.74, 6) is -0.272. The van der Waals surface area contributed by atoms with Crippen molar-refractivity contribution in [3.8, 4) is 0 Å². The highest BCUT2D eigenvalue weighted by atomic mass is 16.5. The summed E-state index contributed by atoms with van der Waals surface area (Å²) in [5, 5.41) is 0. The summed E-state index contributed by atoms with van der Waals surface area (Å²) in [6.07, 6.45) is -0.272. The fourth-order valence-electron chi connectivity index (χ4n) is 2.90. The van der Waals surface area contributed by atoms with E-state index >= 15 is 0 Å². The highest BCUT2D eigenvalue weighted by Crippen LogP contribution is 2.24. The molecule has 1 atom stereocenters. The lowest BCUT2D eigenvalue weighted by atomic mass is 9.87. The van der Waals surface area contributed by atoms with Crippen molar-refractivity contribution >= 4 is 5.97 Å². The maximum atomic E-state index is 12.7. The maximum Gasteiger partial charge on any atom is 0.338 e. The van der Waals surface area contributed by atoms with Crippen LogP contribution >= 0.6 is 0 Å². The van der Waals surface area contributed by atoms with E-state index < -0.39 is 0 Å². The van der Waals surface area contributed by atoms with Gasteiger partial charge in [0, 0.05) is 6.54 Å². The summed E-state index contributed by atoms with van der Waals surface area (Å²) in [6, 6.07) is 17.7. The van der Waals surface area contributed by atoms with Gasteiger partial charge in [0.1, 0.15) is 6.10 Å². The van der Waals surface area contributed by atoms with E-state index in [0.717, 1.165) is 18.7 Å². The van der Waals surface area contributed by atoms with E-state index in [1.807, 2.05) is 54.6 Å². The van der Waals surface area contributed by atoms with Crippen molar-refractivity contribution in [3.63, 3.8) is 0 Å². The highest BCUT2D eigenvalue weighted by molar-refractivity contribution is 5.89. The minimum atomic E-state index is -0.272. The van der Waals surface area contributed by atoms with Crippen LogP contribution in [0, 0.1) is 0 Å². The third-order valence-corrected chi connectivity index (χ3v) is 4.73. The molecule has 2 aromatic rings. The molecule has 26 heavy (non-hydrogen) atoms. The quantitative estimate of drug-likeness (QED) is 0.639. The Morgan fingerprint density at radius 1 is 0.962 bits per heavy atom. The van der Waals surface area contributed by atoms with Crippen molar-refractivity contribution in [2.45, 2.75) is 46.1 Å². The second-order valence-corrected chi connectivity index (χ2v) is 7.62. The fourth-order valence-corrected chi connectivity index (χ4v) is 2.90. The van der Waals surface area contributed by atoms with Gasteiger partial charge in [-0.1, -0.05) is 77.1 Å². The van der Waals surface area contributed by atoms with Gasteiger partial charge in [0.2, 0.25) is 0 Å². The lowest BCUT2D eigenvalue weighted by Gasteiger charge is -2.26. The van der Waals surface area contributed by atoms with Gasteiger partial charge >= 0.3 is 5.97 Å². The van der Waals surface area contributed by atoms with Gasteiger partial charge in [0.05, 0.1) is 5.56 Å². The number of carbonyl (C=O) groups excluding carboxylic acids is 1. The molecule has 0 radical (unpaired) electrons. The summed E-state index contributed by atoms with van der Waals surface area (Å²) in [7, 11) is 0. The lowest BCUT2D eigenvalue weighted by Crippen LogP contribution is -2.30. The van der Waals surface area contributed by atoms with E-state index in [1.165, 1.54) is 5.56 Å². The average molecular weight is 354 g/mol. The number of hydrogen-bond acceptors (Lipinski definition) is 3. The van der Waals surface area contributed by atoms with Crippen molar-refractivity contribution < 1.29 is 9.53 Å². The first-order valence-electron chi connectivity index (χ1n) is 9.44. The van der Waals surface area contributed by atoms with Gasteiger partial charge in [-0.05, 0) is 41.8 Å². The van der Waals surface area contributed by atoms with Gasteiger partial charge in [-0.2, -0.15) is 0 Å². The Bertz CT molecular complexity index is 682. The average Bonchev–Trinajstić information content (AvgIpc) is 2.65. The molecule has 0 saturated carbocycles. The van der Waals surface area contributed by atoms with E-state index in [9.17, 15) is 4.79 Å². The van der Waals surface area contributed by atoms with Crippen LogP contribution in [0.15, 0.2) is 54.6 Å². The molecular weight excluding hydrogens is 322 g/mol. The molecular formula is C23H31NO2. The van der Waals surface area contributed by atoms with Crippen molar-refractivity contribution in [2.24, 2.45) is 0 Å². The molecule has 0 aromatic heterocycles. The molecule has 0 aliphatic heterocycles. The molecule has 3 heteroatoms. The van der Waals surface area contributed by atoms with Crippen molar-refractivity contribution in [1.29, 1.82) is 0 Å². The van der Waals surface area contributed by atoms with Crippen molar-refractivity contribution in [3.05, 3.63) is 71.3 Å². The predicted octanol–water partition coefficient (Wildman–Crippen LogP) is 5.22. The Balaban J connectivity index is 2.17. The van der Waals surface area contributed by atoms with E-state index in [-0.39, 0.29) is 17.5 Å². The monoisotopic (exact) mass is 353 g/mol. The van der Waals surface area contributed by atoms with Gasteiger partial charge in [0.15, 0.2) is 0 Å². The molecule has 0 heterocycles. The number of esters is 1. The lowest BCUT2D eigenvalue weighted by molar-refractivity contribution is 0.0204. The Kier molecular flexibility index (Phi) is 6.98. The predicted molar refractivity (Wildman–Crippen MR) is 108 cm³/mol. The molecule has 0 saturated heterocycles. The van der Waals surface area contributed by atoms with Gasteiger partial charge in [-0.15, -0.1) is 0 Å². The Labute approximate surface area is 158 Å². The molecule has 0 fully saturated rings. The second-order valence-electron chi connectivity index (χ2n) is 7.62. The van der Waals surface area contributed by atoms with Crippen molar-refractivity contribution in [2.75, 3.05) is 19.6 Å². The number of hydrogen-bond donors (Lipinski definition) is 0. The molecule has 0 aliphatic carbocycles. The summed E-state index contributed by atoms with van der Waals surface area (Å²) >= 11 is 0. The zero-order valence-electron chi connectivity index (χ0n) is 16.7. The second kappa shape index (κ2) is 9.00. The minimum absolute atomic E-state index is 0.0672. The van der Waals surface area contributed by atoms with E-state index in [4.69, 9.17) is 4.74 Å². The number of carbonyl (C=O) groups is 1. The van der Waals surface area contributed by atoms with Crippen LogP contribution < -0.4 is 0 Å². The molecule has 3 nitrogen and oxygen atoms in total. The van der Waals surface area contributed by atoms with Crippen LogP contribution in [0.1, 0.15) is 62.2 Å². The largest absolute Gasteiger partial charge is 0.453 e. The SMILES string of the molecule is CCN(CC)CC(OC(=O)c1ccc(C(C)(C)C)cc1)c1ccccc1. The van der Waals surface area contributed by atoms with Crippen LogP contribution in [0.4, 0.5) is 0 Å². The highest BCUT2D eigenvalue weighted by Gasteiger charge is 2.21. The van der Waals surface area contributed by atoms with Crippen LogP contribution in [0.25, 0.3) is 0 Å². The summed E-state index contributed by atoms with van der Waals surface area (Å²) in [4.78, 5) is 15.0. The van der Waals surface area contributed by atoms with Crippen LogP contribution in [0.2, 0.25) is 0 Å². The molecule has 2 aromatic carbocycles. The smallest absolute Gasteiger partial charge is 0.338 e. The van der Waals surface area contributed by atoms with Crippen LogP contribution in [-0.2, 0) is 10.2 Å². The van der Waals surface area contributed by atoms with Crippen LogP contribution in [0.3, 0.4) is 0 Å². The fraction of sp³-hybridized carbons (Fsp3) is 0.435. The number of rotatable bonds is 7. The topological polar surface area (TPSA) is 29.5 Å². The van der Waals surface area contributed by atoms with E-state index in [2.05, 4.69) is 39.5 Å². The first-order chi connectivity index (χ1) is 12.3. The minimum Gasteiger partial charge on any atom is -0.453 e. The van der Waals surface area contributed by atoms with Gasteiger partial charge in [-0.3, -0.25) is 4.90 Å². The molecule has 0 bridgehead atoms. The molecule has 0 aliphatic rings. The number of nitrogens with zero attached hydrogens (tertiary/aromatic N) is 1. The molecule has 0 amide bonds. The number of likely N-dealkylation sites (N-methyl/N-ethyl adjacent to an activating group) is 1. The first-order valence-corrected chi connectivity index (χ1v) is 9.44. The summed E-state index contributed by atoms with van der Waals surface area (Å²) in [6.45, 7) is 13.3. The molecule has 1 unspecified atom stereocenters. The van der Waals surface area contributed by atoms with Crippen molar-refractivity contribution in [1.82, 2.24) is 4.90 Å². The Hall–Kier alpha value is -2.13. The molecule has 2 rings (SSSR count). The van der Waals surface area contributed by atoms with Gasteiger partial charge < -0.3 is 4.74 Å². The van der Waals surface area contributed by atoms with Crippen LogP contribution in [0.5, 0.6) is 0 Å². The third kappa shape index (κ3) is 5.43. The maximum absolute atomic E-state index is 12.7.